The van der Waals surface area contributed by atoms with Gasteiger partial charge in [0, 0.05) is 3.57 Å². The van der Waals surface area contributed by atoms with Crippen molar-refractivity contribution in [2.75, 3.05) is 7.11 Å². The Hall–Kier alpha value is -1.82. The van der Waals surface area contributed by atoms with E-state index in [4.69, 9.17) is 9.47 Å². The second-order valence-corrected chi connectivity index (χ2v) is 6.82. The lowest BCUT2D eigenvalue weighted by Crippen LogP contribution is -2.26. The Morgan fingerprint density at radius 2 is 1.83 bits per heavy atom. The predicted octanol–water partition coefficient (Wildman–Crippen LogP) is 5.03. The Morgan fingerprint density at radius 1 is 1.17 bits per heavy atom. The summed E-state index contributed by atoms with van der Waals surface area (Å²) in [6.45, 7) is 7.47. The molecular formula is C19H19IO3. The van der Waals surface area contributed by atoms with E-state index in [0.717, 1.165) is 14.7 Å². The molecule has 3 nitrogen and oxygen atoms in total. The molecule has 0 atom stereocenters. The second kappa shape index (κ2) is 7.17. The topological polar surface area (TPSA) is 35.5 Å². The van der Waals surface area contributed by atoms with Gasteiger partial charge in [0.2, 0.25) is 0 Å². The van der Waals surface area contributed by atoms with Gasteiger partial charge < -0.3 is 9.47 Å². The van der Waals surface area contributed by atoms with E-state index >= 15 is 0 Å². The maximum absolute atomic E-state index is 12.6. The molecule has 0 saturated heterocycles. The van der Waals surface area contributed by atoms with Crippen molar-refractivity contribution >= 4 is 34.6 Å². The first-order valence-electron chi connectivity index (χ1n) is 7.17. The molecule has 0 unspecified atom stereocenters. The first-order valence-corrected chi connectivity index (χ1v) is 8.25. The molecular weight excluding hydrogens is 403 g/mol. The van der Waals surface area contributed by atoms with Crippen molar-refractivity contribution in [1.82, 2.24) is 0 Å². The molecule has 0 bridgehead atoms. The van der Waals surface area contributed by atoms with Gasteiger partial charge in [0.25, 0.3) is 0 Å². The molecule has 120 valence electrons. The quantitative estimate of drug-likeness (QED) is 0.501. The number of ether oxygens (including phenoxy) is 2. The van der Waals surface area contributed by atoms with Crippen LogP contribution < -0.4 is 4.74 Å². The van der Waals surface area contributed by atoms with Gasteiger partial charge in [0.15, 0.2) is 0 Å². The lowest BCUT2D eigenvalue weighted by atomic mass is 9.98. The normalized spacial score (nSPS) is 11.0. The van der Waals surface area contributed by atoms with Gasteiger partial charge in [-0.3, -0.25) is 0 Å². The number of hydrogen-bond acceptors (Lipinski definition) is 3. The predicted molar refractivity (Wildman–Crippen MR) is 101 cm³/mol. The molecule has 0 N–H and O–H groups in total. The van der Waals surface area contributed by atoms with Crippen LogP contribution in [0.4, 0.5) is 0 Å². The second-order valence-electron chi connectivity index (χ2n) is 5.57. The minimum atomic E-state index is -0.739. The van der Waals surface area contributed by atoms with E-state index in [9.17, 15) is 4.79 Å². The average Bonchev–Trinajstić information content (AvgIpc) is 2.54. The molecule has 2 rings (SSSR count). The molecule has 0 heterocycles. The maximum Gasteiger partial charge on any atom is 0.342 e. The summed E-state index contributed by atoms with van der Waals surface area (Å²) in [5, 5.41) is 0. The fourth-order valence-corrected chi connectivity index (χ4v) is 2.57. The summed E-state index contributed by atoms with van der Waals surface area (Å²) in [6, 6.07) is 13.2. The highest BCUT2D eigenvalue weighted by Crippen LogP contribution is 2.29. The molecule has 0 aliphatic carbocycles. The highest BCUT2D eigenvalue weighted by molar-refractivity contribution is 14.1. The SMILES string of the molecule is C=Cc1ccc(OC)c(C(=O)OC(C)(C)c2ccc(I)cc2)c1. The van der Waals surface area contributed by atoms with E-state index in [-0.39, 0.29) is 0 Å². The van der Waals surface area contributed by atoms with Crippen molar-refractivity contribution in [2.45, 2.75) is 19.4 Å². The zero-order valence-electron chi connectivity index (χ0n) is 13.4. The molecule has 2 aromatic carbocycles. The summed E-state index contributed by atoms with van der Waals surface area (Å²) in [4.78, 5) is 12.6. The smallest absolute Gasteiger partial charge is 0.342 e. The molecule has 0 aromatic heterocycles. The summed E-state index contributed by atoms with van der Waals surface area (Å²) in [5.74, 6) is 0.0631. The van der Waals surface area contributed by atoms with Gasteiger partial charge in [-0.15, -0.1) is 0 Å². The first-order chi connectivity index (χ1) is 10.9. The van der Waals surface area contributed by atoms with E-state index < -0.39 is 11.6 Å². The van der Waals surface area contributed by atoms with Gasteiger partial charge in [-0.2, -0.15) is 0 Å². The van der Waals surface area contributed by atoms with Gasteiger partial charge in [-0.05, 0) is 71.8 Å². The van der Waals surface area contributed by atoms with Gasteiger partial charge in [-0.1, -0.05) is 30.9 Å². The summed E-state index contributed by atoms with van der Waals surface area (Å²) in [5.41, 5.74) is 1.43. The Morgan fingerprint density at radius 3 is 2.39 bits per heavy atom. The van der Waals surface area contributed by atoms with Crippen LogP contribution in [0.3, 0.4) is 0 Å². The van der Waals surface area contributed by atoms with Crippen molar-refractivity contribution in [3.05, 3.63) is 69.3 Å². The standard InChI is InChI=1S/C19H19IO3/c1-5-13-6-11-17(22-4)16(12-13)18(21)23-19(2,3)14-7-9-15(20)10-8-14/h5-12H,1H2,2-4H3. The van der Waals surface area contributed by atoms with Crippen LogP contribution in [0, 0.1) is 3.57 Å². The van der Waals surface area contributed by atoms with Crippen LogP contribution in [0.15, 0.2) is 49.0 Å². The van der Waals surface area contributed by atoms with Crippen LogP contribution in [-0.2, 0) is 10.3 Å². The molecule has 0 spiro atoms. The number of methoxy groups -OCH3 is 1. The molecule has 0 amide bonds. The molecule has 0 aliphatic rings. The number of carbonyl (C=O) groups is 1. The van der Waals surface area contributed by atoms with Crippen molar-refractivity contribution < 1.29 is 14.3 Å². The number of esters is 1. The number of carbonyl (C=O) groups excluding carboxylic acids is 1. The average molecular weight is 422 g/mol. The highest BCUT2D eigenvalue weighted by atomic mass is 127. The fourth-order valence-electron chi connectivity index (χ4n) is 2.21. The molecule has 2 aromatic rings. The van der Waals surface area contributed by atoms with E-state index in [1.807, 2.05) is 44.2 Å². The third-order valence-corrected chi connectivity index (χ3v) is 4.29. The number of rotatable bonds is 5. The lowest BCUT2D eigenvalue weighted by molar-refractivity contribution is -0.00342. The summed E-state index contributed by atoms with van der Waals surface area (Å²) < 4.78 is 12.1. The largest absolute Gasteiger partial charge is 0.496 e. The molecule has 0 radical (unpaired) electrons. The minimum Gasteiger partial charge on any atom is -0.496 e. The zero-order valence-corrected chi connectivity index (χ0v) is 15.6. The molecule has 0 fully saturated rings. The molecule has 23 heavy (non-hydrogen) atoms. The molecule has 4 heteroatoms. The highest BCUT2D eigenvalue weighted by Gasteiger charge is 2.27. The summed E-state index contributed by atoms with van der Waals surface area (Å²) in [6.07, 6.45) is 1.68. The van der Waals surface area contributed by atoms with E-state index in [1.54, 1.807) is 18.2 Å². The Kier molecular flexibility index (Phi) is 5.46. The first kappa shape index (κ1) is 17.5. The summed E-state index contributed by atoms with van der Waals surface area (Å²) >= 11 is 2.24. The summed E-state index contributed by atoms with van der Waals surface area (Å²) in [7, 11) is 1.53. The van der Waals surface area contributed by atoms with Crippen LogP contribution in [0.1, 0.15) is 35.3 Å². The number of halogens is 1. The van der Waals surface area contributed by atoms with Crippen molar-refractivity contribution in [2.24, 2.45) is 0 Å². The van der Waals surface area contributed by atoms with E-state index in [1.165, 1.54) is 7.11 Å². The molecule has 0 aliphatic heterocycles. The van der Waals surface area contributed by atoms with Crippen molar-refractivity contribution in [3.63, 3.8) is 0 Å². The van der Waals surface area contributed by atoms with Crippen molar-refractivity contribution in [1.29, 1.82) is 0 Å². The van der Waals surface area contributed by atoms with Crippen LogP contribution in [0.25, 0.3) is 6.08 Å². The number of benzene rings is 2. The Labute approximate surface area is 150 Å². The van der Waals surface area contributed by atoms with Crippen LogP contribution in [-0.4, -0.2) is 13.1 Å². The van der Waals surface area contributed by atoms with Gasteiger partial charge >= 0.3 is 5.97 Å². The van der Waals surface area contributed by atoms with E-state index in [0.29, 0.717) is 11.3 Å². The fraction of sp³-hybridized carbons (Fsp3) is 0.211. The van der Waals surface area contributed by atoms with Crippen LogP contribution in [0.5, 0.6) is 5.75 Å². The van der Waals surface area contributed by atoms with E-state index in [2.05, 4.69) is 29.2 Å². The molecule has 0 saturated carbocycles. The lowest BCUT2D eigenvalue weighted by Gasteiger charge is -2.26. The van der Waals surface area contributed by atoms with Crippen LogP contribution in [0.2, 0.25) is 0 Å². The van der Waals surface area contributed by atoms with Gasteiger partial charge in [0.1, 0.15) is 16.9 Å². The Bertz CT molecular complexity index is 718. The monoisotopic (exact) mass is 422 g/mol. The van der Waals surface area contributed by atoms with Gasteiger partial charge in [0.05, 0.1) is 7.11 Å². The zero-order chi connectivity index (χ0) is 17.0. The van der Waals surface area contributed by atoms with Gasteiger partial charge in [-0.25, -0.2) is 4.79 Å². The number of hydrogen-bond donors (Lipinski definition) is 0. The van der Waals surface area contributed by atoms with Crippen molar-refractivity contribution in [3.8, 4) is 5.75 Å². The Balaban J connectivity index is 2.30. The van der Waals surface area contributed by atoms with Crippen LogP contribution >= 0.6 is 22.6 Å². The minimum absolute atomic E-state index is 0.392. The third-order valence-electron chi connectivity index (χ3n) is 3.57. The maximum atomic E-state index is 12.6. The third kappa shape index (κ3) is 4.13.